The second-order valence-corrected chi connectivity index (χ2v) is 3.75. The summed E-state index contributed by atoms with van der Waals surface area (Å²) < 4.78 is 39.4. The largest absolute Gasteiger partial charge is 0.273 e. The smallest absolute Gasteiger partial charge is 0.206 e. The van der Waals surface area contributed by atoms with Crippen LogP contribution in [0, 0.1) is 5.82 Å². The molecule has 0 unspecified atom stereocenters. The van der Waals surface area contributed by atoms with Crippen molar-refractivity contribution in [2.24, 2.45) is 0 Å². The van der Waals surface area contributed by atoms with E-state index in [1.807, 2.05) is 0 Å². The molecule has 78 valence electrons. The third kappa shape index (κ3) is 2.08. The van der Waals surface area contributed by atoms with Crippen LogP contribution in [-0.2, 0) is 5.92 Å². The Bertz CT molecular complexity index is 324. The average molecular weight is 202 g/mol. The molecule has 0 saturated heterocycles. The summed E-state index contributed by atoms with van der Waals surface area (Å²) in [5.41, 5.74) is -0.104. The molecule has 0 saturated carbocycles. The van der Waals surface area contributed by atoms with Gasteiger partial charge >= 0.3 is 0 Å². The van der Waals surface area contributed by atoms with E-state index < -0.39 is 17.3 Å². The molecule has 14 heavy (non-hydrogen) atoms. The van der Waals surface area contributed by atoms with Crippen molar-refractivity contribution in [2.75, 3.05) is 0 Å². The minimum atomic E-state index is -3.12. The van der Waals surface area contributed by atoms with Gasteiger partial charge in [0.15, 0.2) is 0 Å². The van der Waals surface area contributed by atoms with Crippen LogP contribution in [-0.4, -0.2) is 0 Å². The highest BCUT2D eigenvalue weighted by atomic mass is 19.3. The molecule has 0 radical (unpaired) electrons. The normalized spacial score (nSPS) is 12.2. The van der Waals surface area contributed by atoms with Crippen LogP contribution in [0.2, 0.25) is 0 Å². The lowest BCUT2D eigenvalue weighted by Crippen LogP contribution is -2.14. The van der Waals surface area contributed by atoms with Gasteiger partial charge in [-0.3, -0.25) is 0 Å². The summed E-state index contributed by atoms with van der Waals surface area (Å²) in [7, 11) is 0. The standard InChI is InChI=1S/C11H13F3/c1-7(2)8-5-4-6-9(12)10(8)11(3,13)14/h4-7H,1-3H3. The molecule has 1 rings (SSSR count). The Morgan fingerprint density at radius 2 is 1.79 bits per heavy atom. The highest BCUT2D eigenvalue weighted by Gasteiger charge is 2.31. The molecule has 0 aliphatic carbocycles. The van der Waals surface area contributed by atoms with Crippen LogP contribution in [0.1, 0.15) is 37.8 Å². The van der Waals surface area contributed by atoms with E-state index in [0.717, 1.165) is 13.0 Å². The van der Waals surface area contributed by atoms with Crippen molar-refractivity contribution in [3.8, 4) is 0 Å². The van der Waals surface area contributed by atoms with Gasteiger partial charge in [-0.15, -0.1) is 0 Å². The minimum Gasteiger partial charge on any atom is -0.206 e. The van der Waals surface area contributed by atoms with Crippen molar-refractivity contribution in [3.05, 3.63) is 35.1 Å². The van der Waals surface area contributed by atoms with Gasteiger partial charge in [-0.2, -0.15) is 0 Å². The van der Waals surface area contributed by atoms with Gasteiger partial charge in [0.2, 0.25) is 0 Å². The first-order valence-corrected chi connectivity index (χ1v) is 4.50. The second-order valence-electron chi connectivity index (χ2n) is 3.75. The number of hydrogen-bond donors (Lipinski definition) is 0. The molecule has 0 atom stereocenters. The summed E-state index contributed by atoms with van der Waals surface area (Å²) >= 11 is 0. The zero-order valence-corrected chi connectivity index (χ0v) is 8.44. The number of rotatable bonds is 2. The Labute approximate surface area is 81.8 Å². The third-order valence-electron chi connectivity index (χ3n) is 2.11. The van der Waals surface area contributed by atoms with Gasteiger partial charge < -0.3 is 0 Å². The molecule has 1 aromatic carbocycles. The van der Waals surface area contributed by atoms with E-state index in [4.69, 9.17) is 0 Å². The van der Waals surface area contributed by atoms with Crippen LogP contribution >= 0.6 is 0 Å². The van der Waals surface area contributed by atoms with Crippen molar-refractivity contribution in [1.82, 2.24) is 0 Å². The van der Waals surface area contributed by atoms with E-state index in [1.54, 1.807) is 19.9 Å². The maximum absolute atomic E-state index is 13.2. The summed E-state index contributed by atoms with van der Waals surface area (Å²) in [5.74, 6) is -4.06. The Kier molecular flexibility index (Phi) is 2.88. The summed E-state index contributed by atoms with van der Waals surface area (Å²) in [5, 5.41) is 0. The molecule has 0 nitrogen and oxygen atoms in total. The van der Waals surface area contributed by atoms with Gasteiger partial charge in [0.1, 0.15) is 5.82 Å². The fourth-order valence-corrected chi connectivity index (χ4v) is 1.49. The van der Waals surface area contributed by atoms with Gasteiger partial charge in [-0.25, -0.2) is 13.2 Å². The van der Waals surface area contributed by atoms with Crippen LogP contribution in [0.5, 0.6) is 0 Å². The number of halogens is 3. The Morgan fingerprint density at radius 1 is 1.21 bits per heavy atom. The molecule has 0 N–H and O–H groups in total. The van der Waals surface area contributed by atoms with Crippen LogP contribution in [0.4, 0.5) is 13.2 Å². The fraction of sp³-hybridized carbons (Fsp3) is 0.455. The first-order valence-electron chi connectivity index (χ1n) is 4.50. The lowest BCUT2D eigenvalue weighted by atomic mass is 9.93. The molecule has 0 bridgehead atoms. The lowest BCUT2D eigenvalue weighted by Gasteiger charge is -2.18. The van der Waals surface area contributed by atoms with Gasteiger partial charge in [0.25, 0.3) is 5.92 Å². The first-order chi connectivity index (χ1) is 6.34. The summed E-state index contributed by atoms with van der Waals surface area (Å²) in [6.45, 7) is 4.26. The number of hydrogen-bond acceptors (Lipinski definition) is 0. The van der Waals surface area contributed by atoms with Gasteiger partial charge in [0.05, 0.1) is 5.56 Å². The van der Waals surface area contributed by atoms with Crippen LogP contribution in [0.15, 0.2) is 18.2 Å². The van der Waals surface area contributed by atoms with Crippen LogP contribution in [0.25, 0.3) is 0 Å². The molecule has 1 aromatic rings. The quantitative estimate of drug-likeness (QED) is 0.678. The monoisotopic (exact) mass is 202 g/mol. The zero-order chi connectivity index (χ0) is 10.9. The van der Waals surface area contributed by atoms with Gasteiger partial charge in [-0.05, 0) is 17.5 Å². The maximum atomic E-state index is 13.2. The van der Waals surface area contributed by atoms with E-state index in [0.29, 0.717) is 5.56 Å². The summed E-state index contributed by atoms with van der Waals surface area (Å²) in [4.78, 5) is 0. The van der Waals surface area contributed by atoms with Crippen molar-refractivity contribution in [2.45, 2.75) is 32.6 Å². The topological polar surface area (TPSA) is 0 Å². The number of benzene rings is 1. The SMILES string of the molecule is CC(C)c1cccc(F)c1C(C)(F)F. The van der Waals surface area contributed by atoms with Crippen molar-refractivity contribution < 1.29 is 13.2 Å². The summed E-state index contributed by atoms with van der Waals surface area (Å²) in [6.07, 6.45) is 0. The molecule has 0 amide bonds. The predicted octanol–water partition coefficient (Wildman–Crippen LogP) is 4.06. The van der Waals surface area contributed by atoms with Crippen molar-refractivity contribution in [1.29, 1.82) is 0 Å². The lowest BCUT2D eigenvalue weighted by molar-refractivity contribution is 0.0125. The van der Waals surface area contributed by atoms with Gasteiger partial charge in [-0.1, -0.05) is 26.0 Å². The Balaban J connectivity index is 3.38. The third-order valence-corrected chi connectivity index (χ3v) is 2.11. The van der Waals surface area contributed by atoms with Crippen LogP contribution in [0.3, 0.4) is 0 Å². The Morgan fingerprint density at radius 3 is 2.14 bits per heavy atom. The minimum absolute atomic E-state index is 0.105. The summed E-state index contributed by atoms with van der Waals surface area (Å²) in [6, 6.07) is 4.07. The van der Waals surface area contributed by atoms with E-state index >= 15 is 0 Å². The molecular weight excluding hydrogens is 189 g/mol. The molecular formula is C11H13F3. The second kappa shape index (κ2) is 3.64. The van der Waals surface area contributed by atoms with E-state index in [-0.39, 0.29) is 5.92 Å². The predicted molar refractivity (Wildman–Crippen MR) is 50.1 cm³/mol. The van der Waals surface area contributed by atoms with Gasteiger partial charge in [0, 0.05) is 6.92 Å². The zero-order valence-electron chi connectivity index (χ0n) is 8.44. The first kappa shape index (κ1) is 11.1. The average Bonchev–Trinajstić information content (AvgIpc) is 2.01. The van der Waals surface area contributed by atoms with Crippen molar-refractivity contribution in [3.63, 3.8) is 0 Å². The molecule has 0 aliphatic heterocycles. The molecule has 0 aromatic heterocycles. The Hall–Kier alpha value is -0.990. The van der Waals surface area contributed by atoms with E-state index in [1.165, 1.54) is 6.07 Å². The van der Waals surface area contributed by atoms with E-state index in [9.17, 15) is 13.2 Å². The molecule has 0 spiro atoms. The molecule has 0 aliphatic rings. The fourth-order valence-electron chi connectivity index (χ4n) is 1.49. The molecule has 3 heteroatoms. The van der Waals surface area contributed by atoms with Crippen LogP contribution < -0.4 is 0 Å². The highest BCUT2D eigenvalue weighted by molar-refractivity contribution is 5.34. The highest BCUT2D eigenvalue weighted by Crippen LogP contribution is 2.35. The molecule has 0 heterocycles. The number of alkyl halides is 2. The van der Waals surface area contributed by atoms with Crippen molar-refractivity contribution >= 4 is 0 Å². The maximum Gasteiger partial charge on any atom is 0.273 e. The van der Waals surface area contributed by atoms with E-state index in [2.05, 4.69) is 0 Å². The molecule has 0 fully saturated rings.